The van der Waals surface area contributed by atoms with Gasteiger partial charge in [0.05, 0.1) is 12.1 Å². The van der Waals surface area contributed by atoms with Crippen LogP contribution in [-0.2, 0) is 6.54 Å². The van der Waals surface area contributed by atoms with Crippen LogP contribution in [0.2, 0.25) is 0 Å². The third kappa shape index (κ3) is 2.86. The van der Waals surface area contributed by atoms with Gasteiger partial charge in [-0.05, 0) is 31.0 Å². The van der Waals surface area contributed by atoms with E-state index in [1.165, 1.54) is 6.42 Å². The quantitative estimate of drug-likeness (QED) is 0.906. The van der Waals surface area contributed by atoms with Gasteiger partial charge in [0.1, 0.15) is 0 Å². The number of rotatable bonds is 5. The molecule has 2 aromatic heterocycles. The summed E-state index contributed by atoms with van der Waals surface area (Å²) in [5.41, 5.74) is 1.01. The predicted octanol–water partition coefficient (Wildman–Crippen LogP) is 1.98. The van der Waals surface area contributed by atoms with Gasteiger partial charge in [-0.3, -0.25) is 4.90 Å². The van der Waals surface area contributed by atoms with Crippen LogP contribution in [0.25, 0.3) is 11.5 Å². The maximum atomic E-state index is 5.32. The summed E-state index contributed by atoms with van der Waals surface area (Å²) < 4.78 is 5.32. The van der Waals surface area contributed by atoms with Crippen LogP contribution < -0.4 is 5.32 Å². The average Bonchev–Trinajstić information content (AvgIpc) is 3.15. The van der Waals surface area contributed by atoms with Gasteiger partial charge in [-0.15, -0.1) is 0 Å². The molecule has 0 aliphatic carbocycles. The molecule has 1 unspecified atom stereocenters. The Morgan fingerprint density at radius 2 is 2.53 bits per heavy atom. The van der Waals surface area contributed by atoms with Crippen molar-refractivity contribution in [3.8, 4) is 11.5 Å². The highest BCUT2D eigenvalue weighted by Crippen LogP contribution is 2.20. The Balaban J connectivity index is 1.68. The van der Waals surface area contributed by atoms with Crippen LogP contribution in [-0.4, -0.2) is 40.7 Å². The van der Waals surface area contributed by atoms with E-state index in [4.69, 9.17) is 4.52 Å². The van der Waals surface area contributed by atoms with Crippen molar-refractivity contribution in [2.45, 2.75) is 25.9 Å². The molecule has 0 saturated carbocycles. The normalized spacial score (nSPS) is 19.4. The number of aromatic nitrogens is 2. The molecular formula is C13H18N4OS. The second-order valence-corrected chi connectivity index (χ2v) is 5.52. The van der Waals surface area contributed by atoms with Gasteiger partial charge in [0.15, 0.2) is 5.82 Å². The zero-order valence-corrected chi connectivity index (χ0v) is 11.8. The van der Waals surface area contributed by atoms with E-state index in [1.54, 1.807) is 11.3 Å². The van der Waals surface area contributed by atoms with Crippen LogP contribution in [0, 0.1) is 0 Å². The van der Waals surface area contributed by atoms with E-state index in [1.807, 2.05) is 16.8 Å². The smallest absolute Gasteiger partial charge is 0.258 e. The second-order valence-electron chi connectivity index (χ2n) is 4.74. The van der Waals surface area contributed by atoms with Gasteiger partial charge in [-0.25, -0.2) is 0 Å². The molecule has 6 heteroatoms. The zero-order valence-electron chi connectivity index (χ0n) is 11.0. The van der Waals surface area contributed by atoms with Crippen molar-refractivity contribution in [1.29, 1.82) is 0 Å². The van der Waals surface area contributed by atoms with Crippen LogP contribution in [0.5, 0.6) is 0 Å². The van der Waals surface area contributed by atoms with Crippen molar-refractivity contribution in [2.75, 3.05) is 19.6 Å². The van der Waals surface area contributed by atoms with Gasteiger partial charge >= 0.3 is 0 Å². The van der Waals surface area contributed by atoms with Crippen molar-refractivity contribution >= 4 is 11.3 Å². The number of thiophene rings is 1. The van der Waals surface area contributed by atoms with Crippen LogP contribution in [0.3, 0.4) is 0 Å². The number of nitrogens with one attached hydrogen (secondary N) is 1. The molecule has 3 rings (SSSR count). The van der Waals surface area contributed by atoms with Crippen molar-refractivity contribution in [3.63, 3.8) is 0 Å². The average molecular weight is 278 g/mol. The summed E-state index contributed by atoms with van der Waals surface area (Å²) in [6.07, 6.45) is 1.20. The number of likely N-dealkylation sites (N-methyl/N-ethyl adjacent to an activating group) is 1. The summed E-state index contributed by atoms with van der Waals surface area (Å²) in [5, 5.41) is 11.5. The molecule has 2 aromatic rings. The largest absolute Gasteiger partial charge is 0.334 e. The van der Waals surface area contributed by atoms with Crippen molar-refractivity contribution in [3.05, 3.63) is 22.7 Å². The Labute approximate surface area is 116 Å². The molecule has 102 valence electrons. The van der Waals surface area contributed by atoms with E-state index in [0.717, 1.165) is 37.6 Å². The monoisotopic (exact) mass is 278 g/mol. The minimum atomic E-state index is 0.591. The third-order valence-electron chi connectivity index (χ3n) is 3.54. The molecule has 1 fully saturated rings. The van der Waals surface area contributed by atoms with E-state index < -0.39 is 0 Å². The SMILES string of the molecule is CCN(Cc1noc(-c2ccsc2)n1)C1CCNC1. The highest BCUT2D eigenvalue weighted by atomic mass is 32.1. The first-order valence-electron chi connectivity index (χ1n) is 6.66. The zero-order chi connectivity index (χ0) is 13.1. The van der Waals surface area contributed by atoms with Gasteiger partial charge in [-0.2, -0.15) is 16.3 Å². The van der Waals surface area contributed by atoms with Crippen LogP contribution in [0.1, 0.15) is 19.2 Å². The summed E-state index contributed by atoms with van der Waals surface area (Å²) in [4.78, 5) is 6.88. The fraction of sp³-hybridized carbons (Fsp3) is 0.538. The van der Waals surface area contributed by atoms with Gasteiger partial charge in [0, 0.05) is 18.0 Å². The molecule has 1 atom stereocenters. The molecule has 0 radical (unpaired) electrons. The maximum Gasteiger partial charge on any atom is 0.258 e. The first-order chi connectivity index (χ1) is 9.36. The Kier molecular flexibility index (Phi) is 3.91. The summed E-state index contributed by atoms with van der Waals surface area (Å²) >= 11 is 1.64. The third-order valence-corrected chi connectivity index (χ3v) is 4.22. The van der Waals surface area contributed by atoms with E-state index in [0.29, 0.717) is 11.9 Å². The van der Waals surface area contributed by atoms with Crippen molar-refractivity contribution in [1.82, 2.24) is 20.4 Å². The van der Waals surface area contributed by atoms with Gasteiger partial charge in [0.2, 0.25) is 0 Å². The van der Waals surface area contributed by atoms with Gasteiger partial charge in [0.25, 0.3) is 5.89 Å². The van der Waals surface area contributed by atoms with Gasteiger partial charge < -0.3 is 9.84 Å². The summed E-state index contributed by atoms with van der Waals surface area (Å²) in [7, 11) is 0. The number of hydrogen-bond donors (Lipinski definition) is 1. The lowest BCUT2D eigenvalue weighted by atomic mass is 10.2. The molecule has 0 bridgehead atoms. The maximum absolute atomic E-state index is 5.32. The minimum absolute atomic E-state index is 0.591. The summed E-state index contributed by atoms with van der Waals surface area (Å²) in [5.74, 6) is 1.40. The molecule has 1 saturated heterocycles. The molecular weight excluding hydrogens is 260 g/mol. The van der Waals surface area contributed by atoms with Gasteiger partial charge in [-0.1, -0.05) is 12.1 Å². The highest BCUT2D eigenvalue weighted by molar-refractivity contribution is 7.08. The Hall–Kier alpha value is -1.24. The van der Waals surface area contributed by atoms with E-state index in [-0.39, 0.29) is 0 Å². The van der Waals surface area contributed by atoms with E-state index in [9.17, 15) is 0 Å². The van der Waals surface area contributed by atoms with E-state index in [2.05, 4.69) is 27.3 Å². The summed E-state index contributed by atoms with van der Waals surface area (Å²) in [6.45, 7) is 6.11. The molecule has 0 spiro atoms. The lowest BCUT2D eigenvalue weighted by Crippen LogP contribution is -2.36. The molecule has 1 aliphatic heterocycles. The van der Waals surface area contributed by atoms with Crippen molar-refractivity contribution < 1.29 is 4.52 Å². The van der Waals surface area contributed by atoms with Crippen LogP contribution in [0.15, 0.2) is 21.3 Å². The second kappa shape index (κ2) is 5.81. The molecule has 1 aliphatic rings. The molecule has 5 nitrogen and oxygen atoms in total. The number of hydrogen-bond acceptors (Lipinski definition) is 6. The fourth-order valence-corrected chi connectivity index (χ4v) is 3.08. The minimum Gasteiger partial charge on any atom is -0.334 e. The molecule has 3 heterocycles. The highest BCUT2D eigenvalue weighted by Gasteiger charge is 2.22. The molecule has 1 N–H and O–H groups in total. The Bertz CT molecular complexity index is 504. The fourth-order valence-electron chi connectivity index (χ4n) is 2.45. The lowest BCUT2D eigenvalue weighted by Gasteiger charge is -2.25. The Morgan fingerprint density at radius 1 is 1.58 bits per heavy atom. The first kappa shape index (κ1) is 12.8. The summed E-state index contributed by atoms with van der Waals surface area (Å²) in [6, 6.07) is 2.59. The topological polar surface area (TPSA) is 54.2 Å². The Morgan fingerprint density at radius 3 is 3.21 bits per heavy atom. The molecule has 19 heavy (non-hydrogen) atoms. The molecule has 0 amide bonds. The van der Waals surface area contributed by atoms with E-state index >= 15 is 0 Å². The predicted molar refractivity (Wildman–Crippen MR) is 75.0 cm³/mol. The van der Waals surface area contributed by atoms with Crippen LogP contribution in [0.4, 0.5) is 0 Å². The molecule has 0 aromatic carbocycles. The standard InChI is InChI=1S/C13H18N4OS/c1-2-17(11-3-5-14-7-11)8-12-15-13(18-16-12)10-4-6-19-9-10/h4,6,9,11,14H,2-3,5,7-8H2,1H3. The van der Waals surface area contributed by atoms with Crippen LogP contribution >= 0.6 is 11.3 Å². The lowest BCUT2D eigenvalue weighted by molar-refractivity contribution is 0.202. The first-order valence-corrected chi connectivity index (χ1v) is 7.61. The number of nitrogens with zero attached hydrogens (tertiary/aromatic N) is 3. The van der Waals surface area contributed by atoms with Crippen molar-refractivity contribution in [2.24, 2.45) is 0 Å².